The van der Waals surface area contributed by atoms with Crippen LogP contribution in [0.25, 0.3) is 0 Å². The summed E-state index contributed by atoms with van der Waals surface area (Å²) in [5.74, 6) is 1.80. The third-order valence-corrected chi connectivity index (χ3v) is 5.28. The molecule has 2 rings (SSSR count). The summed E-state index contributed by atoms with van der Waals surface area (Å²) in [6, 6.07) is 0. The van der Waals surface area contributed by atoms with Gasteiger partial charge >= 0.3 is 0 Å². The maximum absolute atomic E-state index is 3.79. The molecule has 0 atom stereocenters. The van der Waals surface area contributed by atoms with Crippen molar-refractivity contribution in [3.63, 3.8) is 0 Å². The van der Waals surface area contributed by atoms with Gasteiger partial charge in [0.15, 0.2) is 0 Å². The maximum Gasteiger partial charge on any atom is 0.00503 e. The molecule has 0 aromatic heterocycles. The Morgan fingerprint density at radius 1 is 1.14 bits per heavy atom. The summed E-state index contributed by atoms with van der Waals surface area (Å²) < 4.78 is 0. The topological polar surface area (TPSA) is 15.3 Å². The first-order valence-corrected chi connectivity index (χ1v) is 9.56. The molecule has 0 bridgehead atoms. The predicted octanol–water partition coefficient (Wildman–Crippen LogP) is 4.30. The fourth-order valence-corrected chi connectivity index (χ4v) is 4.01. The van der Waals surface area contributed by atoms with Gasteiger partial charge in [0.2, 0.25) is 0 Å². The monoisotopic (exact) mass is 294 g/mol. The predicted molar refractivity (Wildman–Crippen MR) is 92.7 cm³/mol. The Hall–Kier alpha value is -0.0800. The van der Waals surface area contributed by atoms with Crippen molar-refractivity contribution in [3.05, 3.63) is 0 Å². The molecule has 1 N–H and O–H groups in total. The summed E-state index contributed by atoms with van der Waals surface area (Å²) in [5.41, 5.74) is 0.567. The van der Waals surface area contributed by atoms with E-state index in [1.807, 2.05) is 0 Å². The smallest absolute Gasteiger partial charge is 0.00503 e. The van der Waals surface area contributed by atoms with Gasteiger partial charge in [0.05, 0.1) is 0 Å². The average molecular weight is 295 g/mol. The fourth-order valence-electron chi connectivity index (χ4n) is 4.01. The molecule has 0 saturated heterocycles. The normalized spacial score (nSPS) is 22.1. The van der Waals surface area contributed by atoms with E-state index in [0.29, 0.717) is 5.41 Å². The van der Waals surface area contributed by atoms with Gasteiger partial charge in [-0.2, -0.15) is 0 Å². The van der Waals surface area contributed by atoms with Crippen LogP contribution in [0.2, 0.25) is 0 Å². The van der Waals surface area contributed by atoms with E-state index in [4.69, 9.17) is 0 Å². The number of nitrogens with zero attached hydrogens (tertiary/aromatic N) is 1. The van der Waals surface area contributed by atoms with E-state index in [2.05, 4.69) is 31.0 Å². The standard InChI is InChI=1S/C19H38N2/c1-4-12-21(14-18-8-9-18)16-19(10-6-5-7-11-19)15-20-13-17(2)3/h17-18,20H,4-16H2,1-3H3. The van der Waals surface area contributed by atoms with Crippen molar-refractivity contribution in [2.24, 2.45) is 17.3 Å². The summed E-state index contributed by atoms with van der Waals surface area (Å²) in [6.07, 6.45) is 11.5. The first kappa shape index (κ1) is 17.3. The molecular weight excluding hydrogens is 256 g/mol. The number of hydrogen-bond acceptors (Lipinski definition) is 2. The van der Waals surface area contributed by atoms with Crippen molar-refractivity contribution in [3.8, 4) is 0 Å². The molecule has 0 aromatic rings. The Balaban J connectivity index is 1.88. The van der Waals surface area contributed by atoms with Crippen LogP contribution in [0, 0.1) is 17.3 Å². The second-order valence-corrected chi connectivity index (χ2v) is 8.26. The van der Waals surface area contributed by atoms with Gasteiger partial charge < -0.3 is 10.2 Å². The lowest BCUT2D eigenvalue weighted by Gasteiger charge is -2.42. The molecule has 124 valence electrons. The molecule has 2 saturated carbocycles. The quantitative estimate of drug-likeness (QED) is 0.646. The SMILES string of the molecule is CCCN(CC1CC1)CC1(CNCC(C)C)CCCCC1. The zero-order valence-electron chi connectivity index (χ0n) is 14.8. The van der Waals surface area contributed by atoms with Gasteiger partial charge in [-0.15, -0.1) is 0 Å². The van der Waals surface area contributed by atoms with E-state index < -0.39 is 0 Å². The summed E-state index contributed by atoms with van der Waals surface area (Å²) in [6.45, 7) is 13.4. The lowest BCUT2D eigenvalue weighted by Crippen LogP contribution is -2.46. The Kier molecular flexibility index (Phi) is 7.01. The Morgan fingerprint density at radius 3 is 2.43 bits per heavy atom. The van der Waals surface area contributed by atoms with E-state index in [1.54, 1.807) is 0 Å². The molecule has 21 heavy (non-hydrogen) atoms. The van der Waals surface area contributed by atoms with E-state index in [-0.39, 0.29) is 0 Å². The van der Waals surface area contributed by atoms with Gasteiger partial charge in [0.1, 0.15) is 0 Å². The first-order valence-electron chi connectivity index (χ1n) is 9.56. The van der Waals surface area contributed by atoms with E-state index in [1.165, 1.54) is 84.1 Å². The molecule has 0 spiro atoms. The van der Waals surface area contributed by atoms with Crippen LogP contribution in [0.15, 0.2) is 0 Å². The van der Waals surface area contributed by atoms with Crippen molar-refractivity contribution < 1.29 is 0 Å². The van der Waals surface area contributed by atoms with E-state index in [9.17, 15) is 0 Å². The van der Waals surface area contributed by atoms with Crippen LogP contribution in [0.3, 0.4) is 0 Å². The van der Waals surface area contributed by atoms with E-state index >= 15 is 0 Å². The molecule has 2 nitrogen and oxygen atoms in total. The molecule has 0 radical (unpaired) electrons. The van der Waals surface area contributed by atoms with Crippen molar-refractivity contribution in [2.75, 3.05) is 32.7 Å². The van der Waals surface area contributed by atoms with Gasteiger partial charge in [0.25, 0.3) is 0 Å². The van der Waals surface area contributed by atoms with Crippen molar-refractivity contribution >= 4 is 0 Å². The van der Waals surface area contributed by atoms with Gasteiger partial charge in [-0.05, 0) is 62.4 Å². The Labute approximate surface area is 133 Å². The van der Waals surface area contributed by atoms with Gasteiger partial charge in [-0.25, -0.2) is 0 Å². The number of hydrogen-bond donors (Lipinski definition) is 1. The summed E-state index contributed by atoms with van der Waals surface area (Å²) in [7, 11) is 0. The zero-order valence-corrected chi connectivity index (χ0v) is 14.8. The van der Waals surface area contributed by atoms with Crippen LogP contribution >= 0.6 is 0 Å². The minimum atomic E-state index is 0.567. The summed E-state index contributed by atoms with van der Waals surface area (Å²) in [4.78, 5) is 2.81. The molecule has 0 unspecified atom stereocenters. The van der Waals surface area contributed by atoms with Gasteiger partial charge in [0, 0.05) is 19.6 Å². The second kappa shape index (κ2) is 8.53. The van der Waals surface area contributed by atoms with Crippen molar-refractivity contribution in [1.29, 1.82) is 0 Å². The van der Waals surface area contributed by atoms with Gasteiger partial charge in [-0.3, -0.25) is 0 Å². The first-order chi connectivity index (χ1) is 10.1. The van der Waals surface area contributed by atoms with Crippen LogP contribution in [-0.2, 0) is 0 Å². The molecule has 2 aliphatic carbocycles. The molecule has 2 fully saturated rings. The van der Waals surface area contributed by atoms with Crippen LogP contribution < -0.4 is 5.32 Å². The molecule has 2 aliphatic rings. The number of nitrogens with one attached hydrogen (secondary N) is 1. The molecule has 0 heterocycles. The molecule has 0 amide bonds. The fraction of sp³-hybridized carbons (Fsp3) is 1.00. The minimum absolute atomic E-state index is 0.567. The van der Waals surface area contributed by atoms with Crippen LogP contribution in [-0.4, -0.2) is 37.6 Å². The highest BCUT2D eigenvalue weighted by Crippen LogP contribution is 2.38. The largest absolute Gasteiger partial charge is 0.316 e. The summed E-state index contributed by atoms with van der Waals surface area (Å²) >= 11 is 0. The third kappa shape index (κ3) is 6.28. The Morgan fingerprint density at radius 2 is 1.86 bits per heavy atom. The van der Waals surface area contributed by atoms with Crippen molar-refractivity contribution in [2.45, 2.75) is 72.1 Å². The van der Waals surface area contributed by atoms with Crippen molar-refractivity contribution in [1.82, 2.24) is 10.2 Å². The molecule has 0 aromatic carbocycles. The summed E-state index contributed by atoms with van der Waals surface area (Å²) in [5, 5.41) is 3.79. The van der Waals surface area contributed by atoms with Crippen LogP contribution in [0.5, 0.6) is 0 Å². The zero-order chi connectivity index (χ0) is 15.1. The lowest BCUT2D eigenvalue weighted by atomic mass is 9.73. The van der Waals surface area contributed by atoms with Gasteiger partial charge in [-0.1, -0.05) is 40.0 Å². The average Bonchev–Trinajstić information content (AvgIpc) is 3.23. The lowest BCUT2D eigenvalue weighted by molar-refractivity contribution is 0.0981. The highest BCUT2D eigenvalue weighted by atomic mass is 15.1. The molecule has 2 heteroatoms. The highest BCUT2D eigenvalue weighted by molar-refractivity contribution is 4.89. The van der Waals surface area contributed by atoms with E-state index in [0.717, 1.165) is 11.8 Å². The maximum atomic E-state index is 3.79. The van der Waals surface area contributed by atoms with Crippen LogP contribution in [0.1, 0.15) is 72.1 Å². The molecule has 0 aliphatic heterocycles. The molecular formula is C19H38N2. The highest BCUT2D eigenvalue weighted by Gasteiger charge is 2.35. The third-order valence-electron chi connectivity index (χ3n) is 5.28. The van der Waals surface area contributed by atoms with Crippen LogP contribution in [0.4, 0.5) is 0 Å². The number of rotatable bonds is 10. The Bertz CT molecular complexity index is 277. The minimum Gasteiger partial charge on any atom is -0.316 e. The second-order valence-electron chi connectivity index (χ2n) is 8.26.